The number of nitrogens with zero attached hydrogens (tertiary/aromatic N) is 20. The summed E-state index contributed by atoms with van der Waals surface area (Å²) in [6, 6.07) is 29.9. The van der Waals surface area contributed by atoms with Crippen LogP contribution in [0.3, 0.4) is 0 Å². The number of aryl methyl sites for hydroxylation is 2. The van der Waals surface area contributed by atoms with Crippen molar-refractivity contribution in [2.45, 2.75) is 72.1 Å². The van der Waals surface area contributed by atoms with Gasteiger partial charge in [-0.05, 0) is 155 Å². The number of fused-ring (bicyclic) bond motifs is 16. The van der Waals surface area contributed by atoms with Crippen LogP contribution in [0.1, 0.15) is 84.3 Å². The molecule has 12 aromatic heterocycles. The van der Waals surface area contributed by atoms with E-state index in [0.29, 0.717) is 141 Å². The molecule has 9 aliphatic heterocycles. The number of rotatable bonds is 16. The Morgan fingerprint density at radius 1 is 0.340 bits per heavy atom. The number of hydrogen-bond donors (Lipinski definition) is 0. The number of anilines is 4. The molecule has 150 heavy (non-hydrogen) atoms. The molecular weight excluding hydrogens is 1980 g/mol. The average Bonchev–Trinajstić information content (AvgIpc) is 1.20. The fourth-order valence-electron chi connectivity index (χ4n) is 23.4. The van der Waals surface area contributed by atoms with Gasteiger partial charge in [-0.3, -0.25) is 28.0 Å². The van der Waals surface area contributed by atoms with Crippen LogP contribution in [-0.2, 0) is 112 Å². The molecule has 0 saturated carbocycles. The van der Waals surface area contributed by atoms with E-state index in [0.717, 1.165) is 301 Å². The second kappa shape index (κ2) is 40.3. The molecule has 0 unspecified atom stereocenters. The van der Waals surface area contributed by atoms with Crippen LogP contribution in [0.25, 0.3) is 159 Å². The van der Waals surface area contributed by atoms with Gasteiger partial charge in [0.25, 0.3) is 0 Å². The normalized spacial score (nSPS) is 19.7. The molecule has 1 spiro atoms. The zero-order valence-corrected chi connectivity index (χ0v) is 87.1. The molecular formula is C112H114N20O14S4. The molecule has 21 heterocycles. The Bertz CT molecular complexity index is 8260. The SMILES string of the molecule is Cc1ccc2c(c1-c1nc(N3CCOCC3)c3oc4ncc(CN5CCS(=O)CC5)cc4c3n1)C=CC2.Cc1ccc2c(c1-c1nc(N3CCOCC3)c3oc4ncc(CN5CCS(=O)CC5)cc4c3n1)C=CC2.O=S1(=O)CC2(CN(Cc3cnc4oc5c(N6CCOCC6)nc(-c6cccc7c6C=CC7)nc5c4c3)C2)C1.O=S1(=O)CCCN(Cc2cnc3oc4c(N5CCOCC5)nc(-c5cccc6c5C=CC6)nc4c3c2)CC1. The van der Waals surface area contributed by atoms with E-state index in [4.69, 9.17) is 76.5 Å². The minimum absolute atomic E-state index is 0.0295. The number of morpholine rings is 4. The maximum absolute atomic E-state index is 12.1. The summed E-state index contributed by atoms with van der Waals surface area (Å²) in [7, 11) is -7.15. The number of hydrogen-bond acceptors (Lipinski definition) is 34. The quantitative estimate of drug-likeness (QED) is 0.0867. The lowest BCUT2D eigenvalue weighted by atomic mass is 9.82. The molecule has 770 valence electrons. The summed E-state index contributed by atoms with van der Waals surface area (Å²) in [5.74, 6) is 10.0. The molecule has 0 amide bonds. The van der Waals surface area contributed by atoms with Gasteiger partial charge in [0, 0.05) is 221 Å². The largest absolute Gasteiger partial charge is 0.432 e. The molecule has 29 rings (SSSR count). The van der Waals surface area contributed by atoms with E-state index < -0.39 is 41.3 Å². The Kier molecular flexibility index (Phi) is 26.0. The van der Waals surface area contributed by atoms with Gasteiger partial charge in [-0.1, -0.05) is 109 Å². The van der Waals surface area contributed by atoms with Crippen molar-refractivity contribution >= 4 is 178 Å². The summed E-state index contributed by atoms with van der Waals surface area (Å²) in [4.78, 5) is 77.5. The first-order valence-electron chi connectivity index (χ1n) is 52.1. The van der Waals surface area contributed by atoms with Gasteiger partial charge in [0.2, 0.25) is 22.9 Å². The van der Waals surface area contributed by atoms with Gasteiger partial charge in [0.1, 0.15) is 22.1 Å². The van der Waals surface area contributed by atoms with Crippen molar-refractivity contribution in [2.75, 3.05) is 223 Å². The van der Waals surface area contributed by atoms with E-state index in [1.54, 1.807) is 0 Å². The molecule has 38 heteroatoms. The lowest BCUT2D eigenvalue weighted by Crippen LogP contribution is -2.67. The topological polar surface area (TPSA) is 372 Å². The van der Waals surface area contributed by atoms with Gasteiger partial charge in [-0.15, -0.1) is 0 Å². The number of ether oxygens (including phenoxy) is 4. The fraction of sp³-hybridized carbons (Fsp3) is 0.393. The lowest BCUT2D eigenvalue weighted by Gasteiger charge is -2.54. The molecule has 0 atom stereocenters. The van der Waals surface area contributed by atoms with Crippen LogP contribution < -0.4 is 19.6 Å². The number of benzene rings is 4. The standard InChI is InChI=1S/C28H27N5O4S.C28H29N5O4S.2C28H29N5O3S/c34-38(35)16-28(17-38)14-32(15-28)13-18-11-22-23-24(37-27(22)29-12-18)26(33-7-9-36-10-8-33)31-25(30-23)21-6-2-4-19-3-1-5-20(19)21;34-38(35)14-3-8-32(11-15-38)18-19-16-23-24-25(37-28(23)29-17-19)27(33-9-12-36-13-10-33)31-26(30-24)22-7-2-5-20-4-1-6-21(20)22;2*1-18-5-6-20-3-2-4-21(20)23(18)26-30-24-22-15-19(17-32-9-13-37(34)14-10-32)16-29-28(22)36-25(24)27(31-26)33-7-11-35-12-8-33/h1-2,4-6,11-12H,3,7-10,13-17H2;1-2,5-7,16-17H,3-4,8-15,18H2;2*2,4-6,15-16H,3,7-14,17H2,1H3. The Morgan fingerprint density at radius 3 is 1.01 bits per heavy atom. The predicted molar refractivity (Wildman–Crippen MR) is 584 cm³/mol. The molecule has 13 aliphatic rings. The number of aromatic nitrogens is 12. The third-order valence-electron chi connectivity index (χ3n) is 31.0. The number of sulfone groups is 2. The van der Waals surface area contributed by atoms with Crippen molar-refractivity contribution < 1.29 is 61.9 Å². The van der Waals surface area contributed by atoms with E-state index in [-0.39, 0.29) is 16.9 Å². The second-order valence-corrected chi connectivity index (χ2v) is 49.1. The smallest absolute Gasteiger partial charge is 0.229 e. The zero-order valence-electron chi connectivity index (χ0n) is 83.8. The molecule has 4 aliphatic carbocycles. The summed E-state index contributed by atoms with van der Waals surface area (Å²) in [6.07, 6.45) is 29.3. The summed E-state index contributed by atoms with van der Waals surface area (Å²) >= 11 is 0. The van der Waals surface area contributed by atoms with E-state index in [9.17, 15) is 25.3 Å². The van der Waals surface area contributed by atoms with Crippen LogP contribution in [0.2, 0.25) is 0 Å². The third-order valence-corrected chi connectivity index (χ3v) is 37.3. The van der Waals surface area contributed by atoms with Gasteiger partial charge in [-0.2, -0.15) is 0 Å². The molecule has 34 nitrogen and oxygen atoms in total. The highest BCUT2D eigenvalue weighted by Gasteiger charge is 2.56. The van der Waals surface area contributed by atoms with Crippen molar-refractivity contribution in [2.24, 2.45) is 5.41 Å². The van der Waals surface area contributed by atoms with Crippen molar-refractivity contribution in [3.8, 4) is 45.6 Å². The first kappa shape index (κ1) is 96.6. The van der Waals surface area contributed by atoms with Crippen LogP contribution in [0.4, 0.5) is 23.3 Å². The van der Waals surface area contributed by atoms with Crippen LogP contribution in [0.5, 0.6) is 0 Å². The maximum Gasteiger partial charge on any atom is 0.229 e. The Balaban J connectivity index is 0.000000101. The summed E-state index contributed by atoms with van der Waals surface area (Å²) in [5.41, 5.74) is 28.7. The second-order valence-electron chi connectivity index (χ2n) is 41.3. The highest BCUT2D eigenvalue weighted by molar-refractivity contribution is 7.93. The van der Waals surface area contributed by atoms with E-state index in [1.807, 2.05) is 24.8 Å². The van der Waals surface area contributed by atoms with Crippen molar-refractivity contribution in [1.82, 2.24) is 79.4 Å². The van der Waals surface area contributed by atoms with Crippen molar-refractivity contribution in [1.29, 1.82) is 0 Å². The first-order valence-corrected chi connectivity index (χ1v) is 58.7. The molecule has 4 aromatic carbocycles. The maximum atomic E-state index is 12.1. The van der Waals surface area contributed by atoms with Crippen LogP contribution in [-0.4, -0.2) is 308 Å². The molecule has 9 fully saturated rings. The Labute approximate surface area is 871 Å². The van der Waals surface area contributed by atoms with Gasteiger partial charge in [-0.25, -0.2) is 76.6 Å². The number of allylic oxidation sites excluding steroid dienone is 4. The lowest BCUT2D eigenvalue weighted by molar-refractivity contribution is 0.0180. The number of furan rings is 4. The third kappa shape index (κ3) is 19.1. The van der Waals surface area contributed by atoms with Crippen molar-refractivity contribution in [3.63, 3.8) is 0 Å². The summed E-state index contributed by atoms with van der Waals surface area (Å²) < 4.78 is 119. The predicted octanol–water partition coefficient (Wildman–Crippen LogP) is 14.0. The average molecular weight is 2090 g/mol. The van der Waals surface area contributed by atoms with Crippen LogP contribution in [0, 0.1) is 19.3 Å². The summed E-state index contributed by atoms with van der Waals surface area (Å²) in [6.45, 7) is 24.6. The minimum Gasteiger partial charge on any atom is -0.432 e. The van der Waals surface area contributed by atoms with Gasteiger partial charge in [0.15, 0.2) is 88.6 Å². The Hall–Kier alpha value is -13.0. The van der Waals surface area contributed by atoms with E-state index >= 15 is 0 Å². The molecule has 16 aromatic rings. The van der Waals surface area contributed by atoms with Gasteiger partial charge in [0.05, 0.1) is 97.4 Å². The van der Waals surface area contributed by atoms with Crippen LogP contribution >= 0.6 is 0 Å². The highest BCUT2D eigenvalue weighted by atomic mass is 32.2. The molecule has 0 radical (unpaired) electrons. The van der Waals surface area contributed by atoms with E-state index in [1.165, 1.54) is 44.5 Å². The zero-order chi connectivity index (χ0) is 101. The number of likely N-dealkylation sites (tertiary alicyclic amines) is 1. The molecule has 9 saturated heterocycles. The fourth-order valence-corrected chi connectivity index (χ4v) is 29.1. The monoisotopic (exact) mass is 2090 g/mol. The van der Waals surface area contributed by atoms with E-state index in [2.05, 4.69) is 207 Å². The molecule has 0 N–H and O–H groups in total. The summed E-state index contributed by atoms with van der Waals surface area (Å²) in [5, 5.41) is 3.54. The Morgan fingerprint density at radius 2 is 0.660 bits per heavy atom. The first-order chi connectivity index (χ1) is 73.3. The minimum atomic E-state index is -2.96. The van der Waals surface area contributed by atoms with Gasteiger partial charge < -0.3 is 56.2 Å². The van der Waals surface area contributed by atoms with Gasteiger partial charge >= 0.3 is 0 Å². The van der Waals surface area contributed by atoms with Crippen molar-refractivity contribution in [3.05, 3.63) is 212 Å². The van der Waals surface area contributed by atoms with Crippen LogP contribution in [0.15, 0.2) is 152 Å². The highest BCUT2D eigenvalue weighted by Crippen LogP contribution is 2.47. The molecule has 0 bridgehead atoms. The number of pyridine rings is 4.